The Morgan fingerprint density at radius 1 is 1.00 bits per heavy atom. The van der Waals surface area contributed by atoms with Crippen molar-refractivity contribution in [3.05, 3.63) is 106 Å². The molecule has 2 atom stereocenters. The molecule has 0 aliphatic carbocycles. The highest BCUT2D eigenvalue weighted by atomic mass is 79.9. The van der Waals surface area contributed by atoms with Gasteiger partial charge in [-0.15, -0.1) is 0 Å². The van der Waals surface area contributed by atoms with Gasteiger partial charge in [-0.3, -0.25) is 9.59 Å². The minimum Gasteiger partial charge on any atom is -0.333 e. The average molecular weight is 580 g/mol. The fourth-order valence-electron chi connectivity index (χ4n) is 5.01. The van der Waals surface area contributed by atoms with E-state index in [2.05, 4.69) is 21.2 Å². The molecular weight excluding hydrogens is 553 g/mol. The fourth-order valence-corrected chi connectivity index (χ4v) is 5.46. The Morgan fingerprint density at radius 2 is 1.74 bits per heavy atom. The van der Waals surface area contributed by atoms with E-state index in [1.807, 2.05) is 54.6 Å². The van der Waals surface area contributed by atoms with Gasteiger partial charge in [0.15, 0.2) is 0 Å². The highest BCUT2D eigenvalue weighted by molar-refractivity contribution is 9.10. The Bertz CT molecular complexity index is 1340. The highest BCUT2D eigenvalue weighted by Crippen LogP contribution is 2.35. The van der Waals surface area contributed by atoms with Crippen LogP contribution >= 0.6 is 15.9 Å². The van der Waals surface area contributed by atoms with Crippen LogP contribution in [0.4, 0.5) is 9.18 Å². The maximum Gasteiger partial charge on any atom is 0.334 e. The lowest BCUT2D eigenvalue weighted by Gasteiger charge is -2.54. The second kappa shape index (κ2) is 10.9. The summed E-state index contributed by atoms with van der Waals surface area (Å²) in [7, 11) is 1.68. The monoisotopic (exact) mass is 579 g/mol. The first-order valence-electron chi connectivity index (χ1n) is 12.2. The second-order valence-corrected chi connectivity index (χ2v) is 10.3. The molecule has 196 valence electrons. The number of amides is 4. The van der Waals surface area contributed by atoms with Crippen LogP contribution in [0.1, 0.15) is 22.7 Å². The molecule has 3 aromatic carbocycles. The molecule has 0 spiro atoms. The van der Waals surface area contributed by atoms with Gasteiger partial charge in [-0.25, -0.2) is 19.2 Å². The van der Waals surface area contributed by atoms with Gasteiger partial charge in [-0.1, -0.05) is 70.5 Å². The molecule has 0 aromatic heterocycles. The van der Waals surface area contributed by atoms with Gasteiger partial charge in [0.1, 0.15) is 18.0 Å². The van der Waals surface area contributed by atoms with E-state index in [4.69, 9.17) is 0 Å². The third-order valence-corrected chi connectivity index (χ3v) is 7.27. The van der Waals surface area contributed by atoms with Gasteiger partial charge in [-0.05, 0) is 41.0 Å². The molecule has 0 bridgehead atoms. The summed E-state index contributed by atoms with van der Waals surface area (Å²) < 4.78 is 14.2. The molecule has 10 heteroatoms. The van der Waals surface area contributed by atoms with Crippen molar-refractivity contribution in [2.24, 2.45) is 0 Å². The summed E-state index contributed by atoms with van der Waals surface area (Å²) in [5.41, 5.74) is 2.35. The number of hydrazine groups is 1. The molecule has 0 radical (unpaired) electrons. The first-order valence-corrected chi connectivity index (χ1v) is 13.0. The Morgan fingerprint density at radius 3 is 2.45 bits per heavy atom. The minimum atomic E-state index is -0.865. The molecule has 0 saturated carbocycles. The van der Waals surface area contributed by atoms with Crippen molar-refractivity contribution in [1.82, 2.24) is 25.1 Å². The van der Waals surface area contributed by atoms with Crippen LogP contribution in [0.5, 0.6) is 0 Å². The van der Waals surface area contributed by atoms with Gasteiger partial charge in [0.05, 0.1) is 13.1 Å². The Labute approximate surface area is 228 Å². The van der Waals surface area contributed by atoms with Gasteiger partial charge in [-0.2, -0.15) is 0 Å². The Balaban J connectivity index is 1.47. The van der Waals surface area contributed by atoms with E-state index in [1.54, 1.807) is 29.1 Å². The predicted molar refractivity (Wildman–Crippen MR) is 142 cm³/mol. The number of nitrogens with zero attached hydrogens (tertiary/aromatic N) is 4. The SMILES string of the molecule is CN1CC(=O)N2[C@@H](c3ccccc3)C(=O)N(Cc3cccc(Br)c3)C[C@@H]2N1C(=O)NCc1ccc(F)cc1. The lowest BCUT2D eigenvalue weighted by Crippen LogP contribution is -2.73. The van der Waals surface area contributed by atoms with E-state index in [0.29, 0.717) is 12.1 Å². The van der Waals surface area contributed by atoms with Crippen molar-refractivity contribution in [1.29, 1.82) is 0 Å². The van der Waals surface area contributed by atoms with Crippen molar-refractivity contribution in [2.75, 3.05) is 20.1 Å². The zero-order valence-electron chi connectivity index (χ0n) is 20.8. The molecule has 2 saturated heterocycles. The maximum atomic E-state index is 13.9. The van der Waals surface area contributed by atoms with Crippen LogP contribution in [-0.2, 0) is 22.7 Å². The Kier molecular flexibility index (Phi) is 7.44. The molecule has 4 amide bonds. The predicted octanol–water partition coefficient (Wildman–Crippen LogP) is 3.90. The number of hydrogen-bond donors (Lipinski definition) is 1. The molecule has 2 aliphatic heterocycles. The topological polar surface area (TPSA) is 76.2 Å². The van der Waals surface area contributed by atoms with Crippen LogP contribution in [0, 0.1) is 5.82 Å². The van der Waals surface area contributed by atoms with Crippen molar-refractivity contribution in [2.45, 2.75) is 25.3 Å². The van der Waals surface area contributed by atoms with Gasteiger partial charge >= 0.3 is 6.03 Å². The summed E-state index contributed by atoms with van der Waals surface area (Å²) in [5.74, 6) is -0.782. The number of likely N-dealkylation sites (N-methyl/N-ethyl adjacent to an activating group) is 1. The number of piperazine rings is 1. The summed E-state index contributed by atoms with van der Waals surface area (Å²) in [6, 6.07) is 21.5. The van der Waals surface area contributed by atoms with Crippen LogP contribution in [0.3, 0.4) is 0 Å². The molecule has 2 fully saturated rings. The van der Waals surface area contributed by atoms with Crippen LogP contribution in [-0.4, -0.2) is 64.0 Å². The zero-order valence-corrected chi connectivity index (χ0v) is 22.3. The highest BCUT2D eigenvalue weighted by Gasteiger charge is 2.51. The first kappa shape index (κ1) is 25.9. The molecule has 8 nitrogen and oxygen atoms in total. The number of carbonyl (C=O) groups excluding carboxylic acids is 3. The van der Waals surface area contributed by atoms with Gasteiger partial charge < -0.3 is 15.1 Å². The standard InChI is InChI=1S/C28H27BrFN5O3/c1-32-18-25(36)34-24(35(32)28(38)31-15-19-10-12-23(30)13-11-19)17-33(16-20-6-5-9-22(29)14-20)27(37)26(34)21-7-3-2-4-8-21/h2-14,24,26H,15-18H2,1H3,(H,31,38)/t24-,26-/m0/s1. The normalized spacial score (nSPS) is 19.9. The molecule has 2 aliphatic rings. The number of carbonyl (C=O) groups is 3. The van der Waals surface area contributed by atoms with E-state index in [1.165, 1.54) is 22.0 Å². The molecule has 2 heterocycles. The van der Waals surface area contributed by atoms with Crippen molar-refractivity contribution in [3.8, 4) is 0 Å². The number of halogens is 2. The molecule has 38 heavy (non-hydrogen) atoms. The quantitative estimate of drug-likeness (QED) is 0.497. The van der Waals surface area contributed by atoms with Crippen molar-refractivity contribution >= 4 is 33.8 Å². The summed E-state index contributed by atoms with van der Waals surface area (Å²) in [6.07, 6.45) is -0.718. The lowest BCUT2D eigenvalue weighted by molar-refractivity contribution is -0.188. The van der Waals surface area contributed by atoms with Crippen LogP contribution in [0.25, 0.3) is 0 Å². The van der Waals surface area contributed by atoms with E-state index in [9.17, 15) is 18.8 Å². The van der Waals surface area contributed by atoms with Crippen LogP contribution in [0.2, 0.25) is 0 Å². The number of nitrogens with one attached hydrogen (secondary N) is 1. The number of rotatable bonds is 5. The summed E-state index contributed by atoms with van der Waals surface area (Å²) in [5, 5.41) is 5.96. The van der Waals surface area contributed by atoms with Gasteiger partial charge in [0.2, 0.25) is 5.91 Å². The first-order chi connectivity index (χ1) is 18.3. The average Bonchev–Trinajstić information content (AvgIpc) is 2.90. The number of benzene rings is 3. The van der Waals surface area contributed by atoms with Crippen molar-refractivity contribution < 1.29 is 18.8 Å². The smallest absolute Gasteiger partial charge is 0.333 e. The summed E-state index contributed by atoms with van der Waals surface area (Å²) >= 11 is 3.49. The molecule has 3 aromatic rings. The van der Waals surface area contributed by atoms with E-state index >= 15 is 0 Å². The summed E-state index contributed by atoms with van der Waals surface area (Å²) in [6.45, 7) is 0.610. The van der Waals surface area contributed by atoms with Crippen molar-refractivity contribution in [3.63, 3.8) is 0 Å². The van der Waals surface area contributed by atoms with Crippen LogP contribution < -0.4 is 5.32 Å². The maximum absolute atomic E-state index is 13.9. The van der Waals surface area contributed by atoms with E-state index in [0.717, 1.165) is 15.6 Å². The molecule has 5 rings (SSSR count). The molecular formula is C28H27BrFN5O3. The number of hydrogen-bond acceptors (Lipinski definition) is 4. The molecule has 0 unspecified atom stereocenters. The molecule has 1 N–H and O–H groups in total. The summed E-state index contributed by atoms with van der Waals surface area (Å²) in [4.78, 5) is 44.0. The lowest BCUT2D eigenvalue weighted by atomic mass is 9.98. The zero-order chi connectivity index (χ0) is 26.8. The van der Waals surface area contributed by atoms with Crippen LogP contribution in [0.15, 0.2) is 83.3 Å². The van der Waals surface area contributed by atoms with Gasteiger partial charge in [0.25, 0.3) is 5.91 Å². The van der Waals surface area contributed by atoms with E-state index in [-0.39, 0.29) is 37.3 Å². The van der Waals surface area contributed by atoms with E-state index < -0.39 is 18.2 Å². The second-order valence-electron chi connectivity index (χ2n) is 9.39. The largest absolute Gasteiger partial charge is 0.334 e. The fraction of sp³-hybridized carbons (Fsp3) is 0.250. The number of fused-ring (bicyclic) bond motifs is 1. The third-order valence-electron chi connectivity index (χ3n) is 6.77. The number of urea groups is 1. The Hall–Kier alpha value is -3.76. The van der Waals surface area contributed by atoms with Gasteiger partial charge in [0, 0.05) is 24.6 Å². The third kappa shape index (κ3) is 5.27. The minimum absolute atomic E-state index is 0.0529.